The monoisotopic (exact) mass is 326 g/mol. The number of carbonyl (C=O) groups is 2. The molecule has 0 saturated heterocycles. The van der Waals surface area contributed by atoms with E-state index in [1.54, 1.807) is 24.3 Å². The second-order valence-electron chi connectivity index (χ2n) is 5.75. The predicted octanol–water partition coefficient (Wildman–Crippen LogP) is 3.97. The van der Waals surface area contributed by atoms with Crippen LogP contribution >= 0.6 is 0 Å². The fourth-order valence-corrected chi connectivity index (χ4v) is 2.56. The minimum atomic E-state index is -0.408. The molecule has 0 fully saturated rings. The molecule has 5 heteroatoms. The van der Waals surface area contributed by atoms with Gasteiger partial charge in [-0.05, 0) is 56.2 Å². The van der Waals surface area contributed by atoms with E-state index in [1.807, 2.05) is 32.9 Å². The molecule has 0 bridgehead atoms. The number of aryl methyl sites for hydroxylation is 2. The van der Waals surface area contributed by atoms with E-state index in [-0.39, 0.29) is 12.1 Å². The Kier molecular flexibility index (Phi) is 5.58. The lowest BCUT2D eigenvalue weighted by atomic mass is 10.0. The molecule has 0 saturated carbocycles. The Hall–Kier alpha value is -2.82. The summed E-state index contributed by atoms with van der Waals surface area (Å²) in [5.41, 5.74) is 4.46. The molecule has 0 aliphatic heterocycles. The highest BCUT2D eigenvalue weighted by atomic mass is 16.5. The Bertz CT molecular complexity index is 739. The summed E-state index contributed by atoms with van der Waals surface area (Å²) in [4.78, 5) is 23.5. The Balaban J connectivity index is 1.98. The lowest BCUT2D eigenvalue weighted by Gasteiger charge is -2.17. The molecular weight excluding hydrogens is 304 g/mol. The van der Waals surface area contributed by atoms with Gasteiger partial charge in [-0.2, -0.15) is 0 Å². The number of nitrogens with one attached hydrogen (secondary N) is 2. The van der Waals surface area contributed by atoms with Gasteiger partial charge in [0.2, 0.25) is 0 Å². The van der Waals surface area contributed by atoms with E-state index in [0.29, 0.717) is 11.3 Å². The Morgan fingerprint density at radius 1 is 1.04 bits per heavy atom. The van der Waals surface area contributed by atoms with Gasteiger partial charge in [0.25, 0.3) is 0 Å². The Morgan fingerprint density at radius 2 is 1.71 bits per heavy atom. The Labute approximate surface area is 142 Å². The van der Waals surface area contributed by atoms with Crippen molar-refractivity contribution in [1.82, 2.24) is 5.32 Å². The number of hydrogen-bond donors (Lipinski definition) is 2. The van der Waals surface area contributed by atoms with Gasteiger partial charge in [0.15, 0.2) is 0 Å². The number of esters is 1. The molecule has 0 aliphatic rings. The summed E-state index contributed by atoms with van der Waals surface area (Å²) in [5, 5.41) is 5.67. The molecule has 5 nitrogen and oxygen atoms in total. The molecule has 0 aromatic heterocycles. The van der Waals surface area contributed by atoms with Crippen LogP contribution in [0.4, 0.5) is 10.5 Å². The highest BCUT2D eigenvalue weighted by molar-refractivity contribution is 5.92. The fraction of sp³-hybridized carbons (Fsp3) is 0.263. The van der Waals surface area contributed by atoms with Crippen molar-refractivity contribution in [3.63, 3.8) is 0 Å². The van der Waals surface area contributed by atoms with Crippen LogP contribution in [0.5, 0.6) is 0 Å². The second kappa shape index (κ2) is 7.64. The van der Waals surface area contributed by atoms with Crippen LogP contribution < -0.4 is 10.6 Å². The van der Waals surface area contributed by atoms with Crippen molar-refractivity contribution in [3.8, 4) is 0 Å². The maximum Gasteiger partial charge on any atom is 0.337 e. The van der Waals surface area contributed by atoms with Crippen LogP contribution in [0.15, 0.2) is 42.5 Å². The van der Waals surface area contributed by atoms with Crippen molar-refractivity contribution in [2.75, 3.05) is 12.4 Å². The van der Waals surface area contributed by atoms with Crippen molar-refractivity contribution in [2.45, 2.75) is 26.8 Å². The molecule has 2 amide bonds. The number of carbonyl (C=O) groups excluding carboxylic acids is 2. The van der Waals surface area contributed by atoms with Crippen LogP contribution in [0.2, 0.25) is 0 Å². The number of amides is 2. The van der Waals surface area contributed by atoms with Crippen molar-refractivity contribution >= 4 is 17.7 Å². The zero-order chi connectivity index (χ0) is 17.7. The third-order valence-corrected chi connectivity index (χ3v) is 3.80. The van der Waals surface area contributed by atoms with Crippen LogP contribution in [0.25, 0.3) is 0 Å². The summed E-state index contributed by atoms with van der Waals surface area (Å²) in [6.07, 6.45) is 0. The molecule has 24 heavy (non-hydrogen) atoms. The second-order valence-corrected chi connectivity index (χ2v) is 5.75. The van der Waals surface area contributed by atoms with Gasteiger partial charge < -0.3 is 15.4 Å². The van der Waals surface area contributed by atoms with Crippen molar-refractivity contribution in [2.24, 2.45) is 0 Å². The molecule has 126 valence electrons. The first-order valence-corrected chi connectivity index (χ1v) is 7.73. The molecule has 2 aromatic rings. The van der Waals surface area contributed by atoms with Crippen molar-refractivity contribution in [3.05, 3.63) is 64.7 Å². The highest BCUT2D eigenvalue weighted by Gasteiger charge is 2.12. The van der Waals surface area contributed by atoms with Gasteiger partial charge in [-0.1, -0.05) is 23.8 Å². The third-order valence-electron chi connectivity index (χ3n) is 3.80. The molecule has 0 spiro atoms. The van der Waals surface area contributed by atoms with Gasteiger partial charge in [0.05, 0.1) is 18.7 Å². The first kappa shape index (κ1) is 17.5. The number of rotatable bonds is 4. The van der Waals surface area contributed by atoms with E-state index < -0.39 is 5.97 Å². The lowest BCUT2D eigenvalue weighted by Crippen LogP contribution is -2.31. The van der Waals surface area contributed by atoms with Crippen LogP contribution in [-0.4, -0.2) is 19.1 Å². The van der Waals surface area contributed by atoms with E-state index in [1.165, 1.54) is 12.7 Å². The van der Waals surface area contributed by atoms with Gasteiger partial charge in [-0.3, -0.25) is 0 Å². The number of urea groups is 1. The number of anilines is 1. The summed E-state index contributed by atoms with van der Waals surface area (Å²) in [6.45, 7) is 6.02. The van der Waals surface area contributed by atoms with Crippen LogP contribution in [0.3, 0.4) is 0 Å². The molecule has 1 atom stereocenters. The standard InChI is InChI=1S/C19H22N2O3/c1-12-5-10-17(13(2)11-12)14(3)20-19(23)21-16-8-6-15(7-9-16)18(22)24-4/h5-11,14H,1-4H3,(H2,20,21,23). The van der Waals surface area contributed by atoms with E-state index in [0.717, 1.165) is 11.1 Å². The SMILES string of the molecule is COC(=O)c1ccc(NC(=O)NC(C)c2ccc(C)cc2C)cc1. The summed E-state index contributed by atoms with van der Waals surface area (Å²) in [6, 6.07) is 12.3. The quantitative estimate of drug-likeness (QED) is 0.835. The smallest absolute Gasteiger partial charge is 0.337 e. The van der Waals surface area contributed by atoms with Crippen LogP contribution in [-0.2, 0) is 4.74 Å². The normalized spacial score (nSPS) is 11.5. The molecule has 0 radical (unpaired) electrons. The maximum absolute atomic E-state index is 12.1. The molecule has 0 heterocycles. The molecule has 2 rings (SSSR count). The van der Waals surface area contributed by atoms with Gasteiger partial charge in [-0.15, -0.1) is 0 Å². The highest BCUT2D eigenvalue weighted by Crippen LogP contribution is 2.19. The zero-order valence-corrected chi connectivity index (χ0v) is 14.3. The Morgan fingerprint density at radius 3 is 2.29 bits per heavy atom. The van der Waals surface area contributed by atoms with Gasteiger partial charge in [0, 0.05) is 5.69 Å². The van der Waals surface area contributed by atoms with E-state index in [9.17, 15) is 9.59 Å². The average molecular weight is 326 g/mol. The minimum Gasteiger partial charge on any atom is -0.465 e. The molecule has 0 aliphatic carbocycles. The minimum absolute atomic E-state index is 0.111. The van der Waals surface area contributed by atoms with Crippen LogP contribution in [0, 0.1) is 13.8 Å². The molecule has 2 aromatic carbocycles. The number of benzene rings is 2. The molecular formula is C19H22N2O3. The molecule has 1 unspecified atom stereocenters. The first-order chi connectivity index (χ1) is 11.4. The van der Waals surface area contributed by atoms with Gasteiger partial charge in [0.1, 0.15) is 0 Å². The zero-order valence-electron chi connectivity index (χ0n) is 14.3. The van der Waals surface area contributed by atoms with Crippen molar-refractivity contribution in [1.29, 1.82) is 0 Å². The summed E-state index contributed by atoms with van der Waals surface area (Å²) >= 11 is 0. The number of hydrogen-bond acceptors (Lipinski definition) is 3. The lowest BCUT2D eigenvalue weighted by molar-refractivity contribution is 0.0601. The van der Waals surface area contributed by atoms with Gasteiger partial charge in [-0.25, -0.2) is 9.59 Å². The summed E-state index contributed by atoms with van der Waals surface area (Å²) < 4.78 is 4.64. The maximum atomic E-state index is 12.1. The number of ether oxygens (including phenoxy) is 1. The topological polar surface area (TPSA) is 67.4 Å². The van der Waals surface area contributed by atoms with Gasteiger partial charge >= 0.3 is 12.0 Å². The van der Waals surface area contributed by atoms with E-state index in [4.69, 9.17) is 0 Å². The predicted molar refractivity (Wildman–Crippen MR) is 94.3 cm³/mol. The first-order valence-electron chi connectivity index (χ1n) is 7.73. The largest absolute Gasteiger partial charge is 0.465 e. The van der Waals surface area contributed by atoms with E-state index >= 15 is 0 Å². The molecule has 2 N–H and O–H groups in total. The van der Waals surface area contributed by atoms with Crippen molar-refractivity contribution < 1.29 is 14.3 Å². The summed E-state index contributed by atoms with van der Waals surface area (Å²) in [7, 11) is 1.33. The fourth-order valence-electron chi connectivity index (χ4n) is 2.56. The third kappa shape index (κ3) is 4.35. The number of methoxy groups -OCH3 is 1. The van der Waals surface area contributed by atoms with Crippen LogP contribution in [0.1, 0.15) is 40.0 Å². The summed E-state index contributed by atoms with van der Waals surface area (Å²) in [5.74, 6) is -0.408. The van der Waals surface area contributed by atoms with E-state index in [2.05, 4.69) is 21.4 Å². The average Bonchev–Trinajstić information content (AvgIpc) is 2.54.